The summed E-state index contributed by atoms with van der Waals surface area (Å²) in [5.41, 5.74) is 7.57. The minimum Gasteiger partial charge on any atom is -0.397 e. The summed E-state index contributed by atoms with van der Waals surface area (Å²) in [6.07, 6.45) is 3.53. The highest BCUT2D eigenvalue weighted by atomic mass is 32.2. The highest BCUT2D eigenvalue weighted by Crippen LogP contribution is 2.34. The number of nitrogen functional groups attached to an aromatic ring is 1. The van der Waals surface area contributed by atoms with E-state index in [1.807, 2.05) is 0 Å². The molecule has 1 aromatic rings. The molecule has 2 N–H and O–H groups in total. The Hall–Kier alpha value is -1.27. The molecule has 1 aliphatic rings. The zero-order valence-corrected chi connectivity index (χ0v) is 13.9. The van der Waals surface area contributed by atoms with E-state index in [4.69, 9.17) is 5.73 Å². The van der Waals surface area contributed by atoms with Gasteiger partial charge in [-0.1, -0.05) is 6.92 Å². The van der Waals surface area contributed by atoms with Gasteiger partial charge in [0.15, 0.2) is 0 Å². The van der Waals surface area contributed by atoms with Crippen LogP contribution in [0, 0.1) is 5.92 Å². The van der Waals surface area contributed by atoms with Crippen molar-refractivity contribution < 1.29 is 8.42 Å². The van der Waals surface area contributed by atoms with Gasteiger partial charge in [0, 0.05) is 27.2 Å². The second-order valence-corrected chi connectivity index (χ2v) is 8.05. The smallest absolute Gasteiger partial charge is 0.242 e. The number of hydrogen-bond acceptors (Lipinski definition) is 4. The molecule has 0 unspecified atom stereocenters. The Morgan fingerprint density at radius 2 is 1.95 bits per heavy atom. The van der Waals surface area contributed by atoms with Crippen LogP contribution in [0.1, 0.15) is 26.2 Å². The molecule has 0 aromatic heterocycles. The number of anilines is 2. The van der Waals surface area contributed by atoms with Crippen LogP contribution in [0.4, 0.5) is 11.4 Å². The summed E-state index contributed by atoms with van der Waals surface area (Å²) in [6, 6.07) is 4.99. The number of nitrogens with zero attached hydrogens (tertiary/aromatic N) is 2. The van der Waals surface area contributed by atoms with Crippen LogP contribution in [-0.2, 0) is 10.0 Å². The molecule has 0 heterocycles. The Labute approximate surface area is 127 Å². The van der Waals surface area contributed by atoms with Gasteiger partial charge in [-0.25, -0.2) is 12.7 Å². The highest BCUT2D eigenvalue weighted by molar-refractivity contribution is 7.89. The van der Waals surface area contributed by atoms with Crippen molar-refractivity contribution in [3.63, 3.8) is 0 Å². The Bertz CT molecular complexity index is 595. The topological polar surface area (TPSA) is 66.6 Å². The predicted molar refractivity (Wildman–Crippen MR) is 87.0 cm³/mol. The van der Waals surface area contributed by atoms with E-state index in [1.165, 1.54) is 17.1 Å². The summed E-state index contributed by atoms with van der Waals surface area (Å²) in [6.45, 7) is 3.98. The van der Waals surface area contributed by atoms with Crippen molar-refractivity contribution in [1.82, 2.24) is 4.31 Å². The lowest BCUT2D eigenvalue weighted by Crippen LogP contribution is -2.28. The Kier molecular flexibility index (Phi) is 4.78. The van der Waals surface area contributed by atoms with Crippen molar-refractivity contribution in [2.24, 2.45) is 5.92 Å². The third kappa shape index (κ3) is 3.68. The first-order valence-corrected chi connectivity index (χ1v) is 8.87. The molecule has 0 saturated heterocycles. The zero-order chi connectivity index (χ0) is 15.6. The fourth-order valence-corrected chi connectivity index (χ4v) is 3.28. The average molecular weight is 311 g/mol. The normalized spacial score (nSPS) is 15.4. The number of hydrogen-bond donors (Lipinski definition) is 1. The monoisotopic (exact) mass is 311 g/mol. The SMILES string of the molecule is CCCN(CC1CC1)c1cc(S(=O)(=O)N(C)C)ccc1N. The van der Waals surface area contributed by atoms with Crippen LogP contribution < -0.4 is 10.6 Å². The van der Waals surface area contributed by atoms with E-state index in [2.05, 4.69) is 11.8 Å². The Balaban J connectivity index is 2.36. The van der Waals surface area contributed by atoms with Crippen molar-refractivity contribution in [3.8, 4) is 0 Å². The van der Waals surface area contributed by atoms with Crippen molar-refractivity contribution in [3.05, 3.63) is 18.2 Å². The van der Waals surface area contributed by atoms with E-state index < -0.39 is 10.0 Å². The summed E-state index contributed by atoms with van der Waals surface area (Å²) < 4.78 is 25.8. The first-order chi connectivity index (χ1) is 9.86. The van der Waals surface area contributed by atoms with Gasteiger partial charge >= 0.3 is 0 Å². The van der Waals surface area contributed by atoms with Gasteiger partial charge in [-0.15, -0.1) is 0 Å². The van der Waals surface area contributed by atoms with E-state index in [1.54, 1.807) is 32.3 Å². The van der Waals surface area contributed by atoms with Crippen LogP contribution in [0.2, 0.25) is 0 Å². The Morgan fingerprint density at radius 1 is 1.29 bits per heavy atom. The van der Waals surface area contributed by atoms with Crippen molar-refractivity contribution in [2.45, 2.75) is 31.1 Å². The van der Waals surface area contributed by atoms with Gasteiger partial charge in [0.05, 0.1) is 16.3 Å². The highest BCUT2D eigenvalue weighted by Gasteiger charge is 2.26. The molecule has 0 spiro atoms. The lowest BCUT2D eigenvalue weighted by atomic mass is 10.2. The molecule has 2 rings (SSSR count). The second-order valence-electron chi connectivity index (χ2n) is 5.90. The van der Waals surface area contributed by atoms with Crippen LogP contribution in [-0.4, -0.2) is 39.9 Å². The minimum absolute atomic E-state index is 0.300. The van der Waals surface area contributed by atoms with E-state index >= 15 is 0 Å². The number of benzene rings is 1. The number of rotatable bonds is 7. The van der Waals surface area contributed by atoms with Gasteiger partial charge in [-0.3, -0.25) is 0 Å². The molecular formula is C15H25N3O2S. The first-order valence-electron chi connectivity index (χ1n) is 7.43. The molecule has 118 valence electrons. The summed E-state index contributed by atoms with van der Waals surface area (Å²) in [4.78, 5) is 2.52. The molecule has 0 bridgehead atoms. The van der Waals surface area contributed by atoms with Gasteiger partial charge < -0.3 is 10.6 Å². The fraction of sp³-hybridized carbons (Fsp3) is 0.600. The summed E-state index contributed by atoms with van der Waals surface area (Å²) >= 11 is 0. The van der Waals surface area contributed by atoms with E-state index in [0.29, 0.717) is 10.6 Å². The molecule has 1 fully saturated rings. The van der Waals surface area contributed by atoms with E-state index in [9.17, 15) is 8.42 Å². The summed E-state index contributed by atoms with van der Waals surface area (Å²) in [5, 5.41) is 0. The molecule has 21 heavy (non-hydrogen) atoms. The van der Waals surface area contributed by atoms with Crippen LogP contribution in [0.25, 0.3) is 0 Å². The van der Waals surface area contributed by atoms with Crippen LogP contribution in [0.15, 0.2) is 23.1 Å². The maximum Gasteiger partial charge on any atom is 0.242 e. The summed E-state index contributed by atoms with van der Waals surface area (Å²) in [5.74, 6) is 0.727. The average Bonchev–Trinajstić information content (AvgIpc) is 3.22. The number of nitrogens with two attached hydrogens (primary N) is 1. The summed E-state index contributed by atoms with van der Waals surface area (Å²) in [7, 11) is -0.344. The molecule has 1 aliphatic carbocycles. The largest absolute Gasteiger partial charge is 0.397 e. The van der Waals surface area contributed by atoms with E-state index in [0.717, 1.165) is 31.1 Å². The molecular weight excluding hydrogens is 286 g/mol. The standard InChI is InChI=1S/C15H25N3O2S/c1-4-9-18(11-12-5-6-12)15-10-13(7-8-14(15)16)21(19,20)17(2)3/h7-8,10,12H,4-6,9,11,16H2,1-3H3. The molecule has 0 atom stereocenters. The maximum atomic E-state index is 12.3. The van der Waals surface area contributed by atoms with Crippen LogP contribution in [0.5, 0.6) is 0 Å². The minimum atomic E-state index is -3.43. The van der Waals surface area contributed by atoms with Gasteiger partial charge in [0.25, 0.3) is 0 Å². The fourth-order valence-electron chi connectivity index (χ4n) is 2.36. The van der Waals surface area contributed by atoms with Gasteiger partial charge in [0.2, 0.25) is 10.0 Å². The van der Waals surface area contributed by atoms with Crippen molar-refractivity contribution in [1.29, 1.82) is 0 Å². The van der Waals surface area contributed by atoms with Crippen molar-refractivity contribution in [2.75, 3.05) is 37.8 Å². The third-order valence-corrected chi connectivity index (χ3v) is 5.60. The number of sulfonamides is 1. The van der Waals surface area contributed by atoms with Crippen LogP contribution >= 0.6 is 0 Å². The molecule has 0 radical (unpaired) electrons. The molecule has 5 nitrogen and oxygen atoms in total. The zero-order valence-electron chi connectivity index (χ0n) is 13.0. The Morgan fingerprint density at radius 3 is 2.48 bits per heavy atom. The van der Waals surface area contributed by atoms with Gasteiger partial charge in [0.1, 0.15) is 0 Å². The molecule has 1 aromatic carbocycles. The maximum absolute atomic E-state index is 12.3. The second kappa shape index (κ2) is 6.23. The quantitative estimate of drug-likeness (QED) is 0.784. The third-order valence-electron chi connectivity index (χ3n) is 3.79. The lowest BCUT2D eigenvalue weighted by molar-refractivity contribution is 0.520. The molecule has 6 heteroatoms. The van der Waals surface area contributed by atoms with E-state index in [-0.39, 0.29) is 0 Å². The van der Waals surface area contributed by atoms with Gasteiger partial charge in [-0.2, -0.15) is 0 Å². The predicted octanol–water partition coefficient (Wildman–Crippen LogP) is 2.15. The van der Waals surface area contributed by atoms with Crippen LogP contribution in [0.3, 0.4) is 0 Å². The molecule has 1 saturated carbocycles. The lowest BCUT2D eigenvalue weighted by Gasteiger charge is -2.26. The molecule has 0 amide bonds. The molecule has 0 aliphatic heterocycles. The van der Waals surface area contributed by atoms with Gasteiger partial charge in [-0.05, 0) is 43.4 Å². The first kappa shape index (κ1) is 16.1. The van der Waals surface area contributed by atoms with Crippen molar-refractivity contribution >= 4 is 21.4 Å².